The Hall–Kier alpha value is -3.35. The molecule has 0 aromatic heterocycles. The van der Waals surface area contributed by atoms with E-state index in [4.69, 9.17) is 4.74 Å². The molecule has 1 heterocycles. The maximum atomic E-state index is 12.8. The van der Waals surface area contributed by atoms with Crippen LogP contribution in [0.25, 0.3) is 0 Å². The van der Waals surface area contributed by atoms with Gasteiger partial charge in [0.25, 0.3) is 5.91 Å². The molecule has 1 fully saturated rings. The molecular weight excluding hydrogens is 394 g/mol. The number of hydrogen-bond acceptors (Lipinski definition) is 4. The van der Waals surface area contributed by atoms with Crippen LogP contribution >= 0.6 is 0 Å². The fourth-order valence-corrected chi connectivity index (χ4v) is 3.36. The Morgan fingerprint density at radius 3 is 2.32 bits per heavy atom. The number of nitrogens with one attached hydrogen (secondary N) is 2. The summed E-state index contributed by atoms with van der Waals surface area (Å²) in [6.45, 7) is 8.41. The van der Waals surface area contributed by atoms with Gasteiger partial charge in [0.05, 0.1) is 6.61 Å². The Balaban J connectivity index is 1.48. The summed E-state index contributed by atoms with van der Waals surface area (Å²) >= 11 is 0. The molecule has 2 aromatic rings. The van der Waals surface area contributed by atoms with Crippen LogP contribution in [0, 0.1) is 0 Å². The largest absolute Gasteiger partial charge is 0.494 e. The molecule has 31 heavy (non-hydrogen) atoms. The second-order valence-electron chi connectivity index (χ2n) is 8.82. The topological polar surface area (TPSA) is 87.7 Å². The first-order valence-electron chi connectivity index (χ1n) is 10.4. The van der Waals surface area contributed by atoms with Crippen molar-refractivity contribution in [2.75, 3.05) is 6.61 Å². The van der Waals surface area contributed by atoms with E-state index in [9.17, 15) is 14.4 Å². The fourth-order valence-electron chi connectivity index (χ4n) is 3.36. The summed E-state index contributed by atoms with van der Waals surface area (Å²) < 4.78 is 5.69. The number of carbonyl (C=O) groups is 3. The van der Waals surface area contributed by atoms with Gasteiger partial charge in [-0.05, 0) is 42.0 Å². The highest BCUT2D eigenvalue weighted by molar-refractivity contribution is 6.08. The summed E-state index contributed by atoms with van der Waals surface area (Å²) in [5.41, 5.74) is 3.13. The molecule has 164 valence electrons. The van der Waals surface area contributed by atoms with Crippen molar-refractivity contribution in [3.05, 3.63) is 65.7 Å². The van der Waals surface area contributed by atoms with Gasteiger partial charge >= 0.3 is 6.03 Å². The van der Waals surface area contributed by atoms with Gasteiger partial charge in [-0.25, -0.2) is 4.79 Å². The molecule has 2 N–H and O–H groups in total. The monoisotopic (exact) mass is 423 g/mol. The highest BCUT2D eigenvalue weighted by Crippen LogP contribution is 2.28. The Kier molecular flexibility index (Phi) is 6.34. The summed E-state index contributed by atoms with van der Waals surface area (Å²) in [6.07, 6.45) is 0.575. The maximum Gasteiger partial charge on any atom is 0.344 e. The van der Waals surface area contributed by atoms with E-state index in [0.29, 0.717) is 18.6 Å². The van der Waals surface area contributed by atoms with E-state index in [-0.39, 0.29) is 11.8 Å². The molecule has 1 atom stereocenters. The molecule has 0 saturated carbocycles. The van der Waals surface area contributed by atoms with E-state index in [1.807, 2.05) is 30.3 Å². The average molecular weight is 424 g/mol. The summed E-state index contributed by atoms with van der Waals surface area (Å²) in [7, 11) is 0. The molecule has 3 rings (SSSR count). The van der Waals surface area contributed by atoms with E-state index in [1.54, 1.807) is 31.2 Å². The van der Waals surface area contributed by atoms with E-state index < -0.39 is 23.4 Å². The van der Waals surface area contributed by atoms with Gasteiger partial charge in [-0.3, -0.25) is 15.0 Å². The second-order valence-corrected chi connectivity index (χ2v) is 8.82. The zero-order valence-corrected chi connectivity index (χ0v) is 18.4. The zero-order valence-electron chi connectivity index (χ0n) is 18.4. The van der Waals surface area contributed by atoms with Crippen molar-refractivity contribution < 1.29 is 19.1 Å². The third-order valence-corrected chi connectivity index (χ3v) is 5.32. The molecule has 0 bridgehead atoms. The number of imide groups is 1. The molecular formula is C24H29N3O4. The van der Waals surface area contributed by atoms with Gasteiger partial charge in [0.1, 0.15) is 11.3 Å². The molecule has 1 aliphatic rings. The third kappa shape index (κ3) is 5.05. The normalized spacial score (nSPS) is 18.6. The van der Waals surface area contributed by atoms with Gasteiger partial charge in [-0.15, -0.1) is 0 Å². The van der Waals surface area contributed by atoms with Gasteiger partial charge in [0.2, 0.25) is 5.91 Å². The minimum Gasteiger partial charge on any atom is -0.494 e. The van der Waals surface area contributed by atoms with Crippen LogP contribution in [0.3, 0.4) is 0 Å². The van der Waals surface area contributed by atoms with E-state index in [2.05, 4.69) is 31.5 Å². The zero-order chi connectivity index (χ0) is 22.6. The standard InChI is InChI=1S/C24H29N3O4/c1-23(2,3)17-12-14-19(15-13-17)31-16-8-11-20(28)26-27-21(29)24(4,25-22(27)30)18-9-6-5-7-10-18/h5-7,9-10,12-15H,8,11,16H2,1-4H3,(H,25,30)(H,26,28). The van der Waals surface area contributed by atoms with E-state index in [0.717, 1.165) is 10.8 Å². The van der Waals surface area contributed by atoms with Crippen LogP contribution in [0.2, 0.25) is 0 Å². The lowest BCUT2D eigenvalue weighted by Gasteiger charge is -2.22. The lowest BCUT2D eigenvalue weighted by atomic mass is 9.87. The number of ether oxygens (including phenoxy) is 1. The van der Waals surface area contributed by atoms with E-state index in [1.165, 1.54) is 5.56 Å². The molecule has 7 nitrogen and oxygen atoms in total. The number of amides is 4. The first-order chi connectivity index (χ1) is 14.6. The molecule has 0 radical (unpaired) electrons. The lowest BCUT2D eigenvalue weighted by Crippen LogP contribution is -2.47. The molecule has 4 amide bonds. The summed E-state index contributed by atoms with van der Waals surface area (Å²) in [5, 5.41) is 3.40. The van der Waals surface area contributed by atoms with Gasteiger partial charge in [-0.2, -0.15) is 5.01 Å². The van der Waals surface area contributed by atoms with Gasteiger partial charge in [0.15, 0.2) is 0 Å². The summed E-state index contributed by atoms with van der Waals surface area (Å²) in [4.78, 5) is 37.3. The summed E-state index contributed by atoms with van der Waals surface area (Å²) in [6, 6.07) is 16.2. The summed E-state index contributed by atoms with van der Waals surface area (Å²) in [5.74, 6) is -0.208. The SMILES string of the molecule is CC(C)(C)c1ccc(OCCCC(=O)NN2C(=O)NC(C)(c3ccccc3)C2=O)cc1. The van der Waals surface area contributed by atoms with Gasteiger partial charge in [0, 0.05) is 6.42 Å². The van der Waals surface area contributed by atoms with Crippen molar-refractivity contribution in [1.82, 2.24) is 15.8 Å². The number of carbonyl (C=O) groups excluding carboxylic acids is 3. The first-order valence-corrected chi connectivity index (χ1v) is 10.4. The molecule has 1 aliphatic heterocycles. The van der Waals surface area contributed by atoms with Crippen molar-refractivity contribution in [1.29, 1.82) is 0 Å². The van der Waals surface area contributed by atoms with E-state index >= 15 is 0 Å². The number of urea groups is 1. The number of rotatable bonds is 7. The van der Waals surface area contributed by atoms with Crippen LogP contribution in [0.5, 0.6) is 5.75 Å². The minimum atomic E-state index is -1.21. The van der Waals surface area contributed by atoms with Crippen molar-refractivity contribution in [3.63, 3.8) is 0 Å². The van der Waals surface area contributed by atoms with Crippen LogP contribution in [-0.4, -0.2) is 29.5 Å². The minimum absolute atomic E-state index is 0.0759. The van der Waals surface area contributed by atoms with Crippen LogP contribution in [0.15, 0.2) is 54.6 Å². The number of benzene rings is 2. The third-order valence-electron chi connectivity index (χ3n) is 5.32. The smallest absolute Gasteiger partial charge is 0.344 e. The highest BCUT2D eigenvalue weighted by Gasteiger charge is 2.49. The Morgan fingerprint density at radius 2 is 1.71 bits per heavy atom. The van der Waals surface area contributed by atoms with Crippen molar-refractivity contribution in [2.45, 2.75) is 51.5 Å². The van der Waals surface area contributed by atoms with Gasteiger partial charge < -0.3 is 10.1 Å². The fraction of sp³-hybridized carbons (Fsp3) is 0.375. The molecule has 7 heteroatoms. The highest BCUT2D eigenvalue weighted by atomic mass is 16.5. The second kappa shape index (κ2) is 8.79. The predicted molar refractivity (Wildman–Crippen MR) is 117 cm³/mol. The molecule has 0 spiro atoms. The van der Waals surface area contributed by atoms with Crippen molar-refractivity contribution in [2.24, 2.45) is 0 Å². The van der Waals surface area contributed by atoms with Crippen molar-refractivity contribution >= 4 is 17.8 Å². The van der Waals surface area contributed by atoms with Gasteiger partial charge in [-0.1, -0.05) is 63.2 Å². The van der Waals surface area contributed by atoms with Crippen LogP contribution in [0.4, 0.5) is 4.79 Å². The predicted octanol–water partition coefficient (Wildman–Crippen LogP) is 3.64. The Bertz CT molecular complexity index is 951. The van der Waals surface area contributed by atoms with Crippen LogP contribution in [0.1, 0.15) is 51.7 Å². The molecule has 2 aromatic carbocycles. The quantitative estimate of drug-likeness (QED) is 0.526. The van der Waals surface area contributed by atoms with Crippen LogP contribution in [-0.2, 0) is 20.5 Å². The Morgan fingerprint density at radius 1 is 1.06 bits per heavy atom. The Labute approximate surface area is 182 Å². The first kappa shape index (κ1) is 22.3. The number of nitrogens with zero attached hydrogens (tertiary/aromatic N) is 1. The maximum absolute atomic E-state index is 12.8. The molecule has 1 unspecified atom stereocenters. The lowest BCUT2D eigenvalue weighted by molar-refractivity contribution is -0.139. The number of hydrazine groups is 1. The number of hydrogen-bond donors (Lipinski definition) is 2. The van der Waals surface area contributed by atoms with Crippen molar-refractivity contribution in [3.8, 4) is 5.75 Å². The molecule has 1 saturated heterocycles. The average Bonchev–Trinajstić information content (AvgIpc) is 2.95. The molecule has 0 aliphatic carbocycles. The van der Waals surface area contributed by atoms with Crippen LogP contribution < -0.4 is 15.5 Å².